The average Bonchev–Trinajstić information content (AvgIpc) is 3.15. The summed E-state index contributed by atoms with van der Waals surface area (Å²) in [4.78, 5) is 18.9. The first-order valence-corrected chi connectivity index (χ1v) is 9.20. The van der Waals surface area contributed by atoms with Gasteiger partial charge in [0, 0.05) is 6.42 Å². The number of aliphatic carboxylic acids is 1. The fraction of sp³-hybridized carbons (Fsp3) is 0.273. The minimum Gasteiger partial charge on any atom is -0.481 e. The second-order valence-corrected chi connectivity index (χ2v) is 6.69. The maximum atomic E-state index is 13.0. The Morgan fingerprint density at radius 2 is 1.63 bits per heavy atom. The van der Waals surface area contributed by atoms with E-state index in [1.54, 1.807) is 18.3 Å². The van der Waals surface area contributed by atoms with Crippen LogP contribution in [0.2, 0.25) is 0 Å². The predicted octanol–water partition coefficient (Wildman–Crippen LogP) is 5.32. The largest absolute Gasteiger partial charge is 0.481 e. The van der Waals surface area contributed by atoms with Crippen LogP contribution in [0.5, 0.6) is 0 Å². The second kappa shape index (κ2) is 8.62. The van der Waals surface area contributed by atoms with E-state index in [0.717, 1.165) is 34.6 Å². The normalized spacial score (nSPS) is 12.1. The number of carboxylic acids is 1. The predicted molar refractivity (Wildman–Crippen MR) is 104 cm³/mol. The van der Waals surface area contributed by atoms with Gasteiger partial charge < -0.3 is 10.1 Å². The number of imidazole rings is 1. The summed E-state index contributed by atoms with van der Waals surface area (Å²) in [6.45, 7) is 2.00. The lowest BCUT2D eigenvalue weighted by molar-refractivity contribution is -0.142. The highest BCUT2D eigenvalue weighted by Crippen LogP contribution is 2.24. The first-order valence-electron chi connectivity index (χ1n) is 9.20. The van der Waals surface area contributed by atoms with Gasteiger partial charge in [0.25, 0.3) is 0 Å². The van der Waals surface area contributed by atoms with E-state index < -0.39 is 5.97 Å². The van der Waals surface area contributed by atoms with Crippen LogP contribution in [0, 0.1) is 11.7 Å². The molecule has 0 bridgehead atoms. The Kier molecular flexibility index (Phi) is 6.01. The van der Waals surface area contributed by atoms with Gasteiger partial charge in [-0.25, -0.2) is 9.37 Å². The molecule has 0 aliphatic heterocycles. The third-order valence-electron chi connectivity index (χ3n) is 4.72. The highest BCUT2D eigenvalue weighted by Gasteiger charge is 2.16. The highest BCUT2D eigenvalue weighted by molar-refractivity contribution is 5.70. The molecule has 0 aliphatic rings. The van der Waals surface area contributed by atoms with Crippen molar-refractivity contribution in [2.75, 3.05) is 0 Å². The van der Waals surface area contributed by atoms with E-state index in [2.05, 4.69) is 9.97 Å². The Balaban J connectivity index is 1.67. The number of nitrogens with one attached hydrogen (secondary N) is 1. The average molecular weight is 366 g/mol. The molecule has 1 atom stereocenters. The van der Waals surface area contributed by atoms with Crippen LogP contribution in [0.3, 0.4) is 0 Å². The summed E-state index contributed by atoms with van der Waals surface area (Å²) in [5.74, 6) is -0.502. The molecular weight excluding hydrogens is 343 g/mol. The van der Waals surface area contributed by atoms with Gasteiger partial charge in [0.05, 0.1) is 17.8 Å². The van der Waals surface area contributed by atoms with E-state index in [1.807, 2.05) is 31.2 Å². The third-order valence-corrected chi connectivity index (χ3v) is 4.72. The van der Waals surface area contributed by atoms with Crippen molar-refractivity contribution in [1.29, 1.82) is 0 Å². The molecule has 0 saturated heterocycles. The molecule has 1 heterocycles. The quantitative estimate of drug-likeness (QED) is 0.567. The van der Waals surface area contributed by atoms with Gasteiger partial charge in [-0.2, -0.15) is 0 Å². The summed E-state index contributed by atoms with van der Waals surface area (Å²) in [5, 5.41) is 9.25. The Labute approximate surface area is 158 Å². The molecule has 0 aliphatic carbocycles. The molecule has 140 valence electrons. The van der Waals surface area contributed by atoms with Crippen molar-refractivity contribution in [1.82, 2.24) is 9.97 Å². The van der Waals surface area contributed by atoms with E-state index in [-0.39, 0.29) is 11.7 Å². The van der Waals surface area contributed by atoms with Gasteiger partial charge in [-0.3, -0.25) is 4.79 Å². The molecule has 2 aromatic carbocycles. The molecule has 1 aromatic heterocycles. The number of H-pyrrole nitrogens is 1. The minimum absolute atomic E-state index is 0.246. The lowest BCUT2D eigenvalue weighted by Crippen LogP contribution is -2.14. The molecule has 0 radical (unpaired) electrons. The van der Waals surface area contributed by atoms with Crippen molar-refractivity contribution >= 4 is 5.97 Å². The first-order chi connectivity index (χ1) is 13.1. The number of carboxylic acid groups (broad SMARTS) is 1. The van der Waals surface area contributed by atoms with E-state index in [1.165, 1.54) is 12.1 Å². The van der Waals surface area contributed by atoms with Crippen LogP contribution < -0.4 is 0 Å². The number of nitrogens with zero attached hydrogens (tertiary/aromatic N) is 1. The monoisotopic (exact) mass is 366 g/mol. The zero-order valence-electron chi connectivity index (χ0n) is 15.3. The highest BCUT2D eigenvalue weighted by atomic mass is 19.1. The summed E-state index contributed by atoms with van der Waals surface area (Å²) in [5.41, 5.74) is 3.88. The summed E-state index contributed by atoms with van der Waals surface area (Å²) >= 11 is 0. The third kappa shape index (κ3) is 4.82. The van der Waals surface area contributed by atoms with E-state index in [9.17, 15) is 14.3 Å². The summed E-state index contributed by atoms with van der Waals surface area (Å²) in [6.07, 6.45) is 4.52. The van der Waals surface area contributed by atoms with Gasteiger partial charge in [-0.15, -0.1) is 0 Å². The van der Waals surface area contributed by atoms with E-state index in [0.29, 0.717) is 19.3 Å². The molecule has 1 unspecified atom stereocenters. The number of hydrogen-bond acceptors (Lipinski definition) is 2. The van der Waals surface area contributed by atoms with Crippen LogP contribution in [0.15, 0.2) is 54.7 Å². The lowest BCUT2D eigenvalue weighted by atomic mass is 9.98. The second-order valence-electron chi connectivity index (χ2n) is 6.69. The topological polar surface area (TPSA) is 66.0 Å². The van der Waals surface area contributed by atoms with Crippen molar-refractivity contribution in [2.24, 2.45) is 5.92 Å². The van der Waals surface area contributed by atoms with Crippen molar-refractivity contribution in [3.05, 3.63) is 66.4 Å². The molecule has 3 rings (SSSR count). The maximum absolute atomic E-state index is 13.0. The number of aromatic amines is 1. The first kappa shape index (κ1) is 18.8. The number of aryl methyl sites for hydroxylation is 1. The number of benzene rings is 2. The van der Waals surface area contributed by atoms with Crippen LogP contribution in [-0.4, -0.2) is 21.0 Å². The van der Waals surface area contributed by atoms with Crippen molar-refractivity contribution in [3.63, 3.8) is 0 Å². The van der Waals surface area contributed by atoms with Crippen LogP contribution in [0.1, 0.15) is 32.0 Å². The molecule has 0 saturated carbocycles. The molecule has 5 heteroatoms. The zero-order valence-corrected chi connectivity index (χ0v) is 15.3. The Bertz CT molecular complexity index is 885. The Morgan fingerprint density at radius 1 is 1.04 bits per heavy atom. The fourth-order valence-electron chi connectivity index (χ4n) is 3.17. The fourth-order valence-corrected chi connectivity index (χ4v) is 3.17. The van der Waals surface area contributed by atoms with Gasteiger partial charge in [-0.05, 0) is 41.7 Å². The van der Waals surface area contributed by atoms with Gasteiger partial charge in [0.15, 0.2) is 0 Å². The maximum Gasteiger partial charge on any atom is 0.306 e. The molecule has 2 N–H and O–H groups in total. The summed E-state index contributed by atoms with van der Waals surface area (Å²) in [6, 6.07) is 14.4. The number of aromatic nitrogens is 2. The van der Waals surface area contributed by atoms with Crippen LogP contribution in [0.4, 0.5) is 4.39 Å². The molecule has 3 aromatic rings. The Hall–Kier alpha value is -2.95. The molecule has 27 heavy (non-hydrogen) atoms. The van der Waals surface area contributed by atoms with Crippen LogP contribution in [0.25, 0.3) is 22.4 Å². The number of carbonyl (C=O) groups is 1. The van der Waals surface area contributed by atoms with Crippen molar-refractivity contribution in [3.8, 4) is 22.4 Å². The van der Waals surface area contributed by atoms with Crippen LogP contribution >= 0.6 is 0 Å². The lowest BCUT2D eigenvalue weighted by Gasteiger charge is -2.09. The SMILES string of the molecule is CCCC(CCc1ncc(-c2ccc(-c3ccc(F)cc3)cc2)[nH]1)C(=O)O. The molecular formula is C22H23FN2O2. The van der Waals surface area contributed by atoms with Gasteiger partial charge in [-0.1, -0.05) is 49.7 Å². The molecule has 0 amide bonds. The zero-order chi connectivity index (χ0) is 19.2. The number of rotatable bonds is 8. The van der Waals surface area contributed by atoms with Gasteiger partial charge in [0.1, 0.15) is 11.6 Å². The van der Waals surface area contributed by atoms with Crippen molar-refractivity contribution in [2.45, 2.75) is 32.6 Å². The van der Waals surface area contributed by atoms with Crippen LogP contribution in [-0.2, 0) is 11.2 Å². The minimum atomic E-state index is -0.736. The standard InChI is InChI=1S/C22H23FN2O2/c1-2-3-18(22(26)27)10-13-21-24-14-20(25-21)17-6-4-15(5-7-17)16-8-11-19(23)12-9-16/h4-9,11-12,14,18H,2-3,10,13H2,1H3,(H,24,25)(H,26,27). The van der Waals surface area contributed by atoms with Gasteiger partial charge >= 0.3 is 5.97 Å². The summed E-state index contributed by atoms with van der Waals surface area (Å²) < 4.78 is 13.0. The summed E-state index contributed by atoms with van der Waals surface area (Å²) in [7, 11) is 0. The smallest absolute Gasteiger partial charge is 0.306 e. The molecule has 0 spiro atoms. The molecule has 0 fully saturated rings. The molecule has 4 nitrogen and oxygen atoms in total. The number of halogens is 1. The Morgan fingerprint density at radius 3 is 2.22 bits per heavy atom. The van der Waals surface area contributed by atoms with Crippen molar-refractivity contribution < 1.29 is 14.3 Å². The van der Waals surface area contributed by atoms with E-state index in [4.69, 9.17) is 0 Å². The van der Waals surface area contributed by atoms with Gasteiger partial charge in [0.2, 0.25) is 0 Å². The van der Waals surface area contributed by atoms with E-state index >= 15 is 0 Å². The number of hydrogen-bond donors (Lipinski definition) is 2.